The first-order valence-electron chi connectivity index (χ1n) is 12.3. The summed E-state index contributed by atoms with van der Waals surface area (Å²) < 4.78 is 1.54. The van der Waals surface area contributed by atoms with E-state index in [1.54, 1.807) is 6.07 Å². The minimum atomic E-state index is -0.495. The largest absolute Gasteiger partial charge is 0.391 e. The monoisotopic (exact) mass is 438 g/mol. The lowest BCUT2D eigenvalue weighted by Crippen LogP contribution is -2.45. The Kier molecular flexibility index (Phi) is 6.39. The third kappa shape index (κ3) is 4.51. The molecule has 32 heavy (non-hydrogen) atoms. The lowest BCUT2D eigenvalue weighted by Gasteiger charge is -2.37. The number of anilines is 2. The third-order valence-electron chi connectivity index (χ3n) is 7.40. The van der Waals surface area contributed by atoms with Gasteiger partial charge in [0.25, 0.3) is 5.56 Å². The van der Waals surface area contributed by atoms with Crippen molar-refractivity contribution in [2.75, 3.05) is 23.3 Å². The number of hydrogen-bond acceptors (Lipinski definition) is 7. The minimum absolute atomic E-state index is 0.129. The van der Waals surface area contributed by atoms with Crippen LogP contribution in [-0.4, -0.2) is 50.1 Å². The van der Waals surface area contributed by atoms with Crippen molar-refractivity contribution in [2.45, 2.75) is 88.3 Å². The van der Waals surface area contributed by atoms with Crippen LogP contribution in [0.25, 0.3) is 0 Å². The van der Waals surface area contributed by atoms with Crippen molar-refractivity contribution in [1.82, 2.24) is 19.7 Å². The normalized spacial score (nSPS) is 26.5. The van der Waals surface area contributed by atoms with E-state index in [4.69, 9.17) is 10.1 Å². The Morgan fingerprint density at radius 2 is 1.84 bits per heavy atom. The fourth-order valence-electron chi connectivity index (χ4n) is 5.26. The summed E-state index contributed by atoms with van der Waals surface area (Å²) in [5, 5.41) is 18.7. The number of hydrogen-bond donors (Lipinski definition) is 2. The van der Waals surface area contributed by atoms with Gasteiger partial charge in [0.2, 0.25) is 0 Å². The first-order chi connectivity index (χ1) is 15.7. The van der Waals surface area contributed by atoms with Crippen molar-refractivity contribution >= 4 is 11.6 Å². The highest BCUT2D eigenvalue weighted by Crippen LogP contribution is 2.34. The fraction of sp³-hybridized carbons (Fsp3) is 0.667. The van der Waals surface area contributed by atoms with Gasteiger partial charge in [-0.05, 0) is 57.1 Å². The van der Waals surface area contributed by atoms with Gasteiger partial charge in [-0.1, -0.05) is 19.3 Å². The number of rotatable bonds is 6. The van der Waals surface area contributed by atoms with E-state index in [1.807, 2.05) is 18.3 Å². The summed E-state index contributed by atoms with van der Waals surface area (Å²) in [4.78, 5) is 24.1. The Bertz CT molecular complexity index is 975. The topological polar surface area (TPSA) is 96.2 Å². The molecule has 0 amide bonds. The second-order valence-electron chi connectivity index (χ2n) is 9.55. The van der Waals surface area contributed by atoms with E-state index in [-0.39, 0.29) is 17.6 Å². The van der Waals surface area contributed by atoms with Crippen LogP contribution in [0.5, 0.6) is 0 Å². The van der Waals surface area contributed by atoms with Crippen LogP contribution in [-0.2, 0) is 0 Å². The zero-order valence-corrected chi connectivity index (χ0v) is 18.7. The number of nitrogens with one attached hydrogen (secondary N) is 1. The second kappa shape index (κ2) is 9.57. The predicted octanol–water partition coefficient (Wildman–Crippen LogP) is 3.25. The summed E-state index contributed by atoms with van der Waals surface area (Å²) in [7, 11) is 0. The molecule has 8 heteroatoms. The molecule has 2 saturated carbocycles. The number of aliphatic hydroxyl groups is 1. The number of nitrogens with zero attached hydrogens (tertiary/aromatic N) is 5. The quantitative estimate of drug-likeness (QED) is 0.715. The molecular formula is C24H34N6O2. The van der Waals surface area contributed by atoms with Gasteiger partial charge in [0.1, 0.15) is 17.5 Å². The van der Waals surface area contributed by atoms with Gasteiger partial charge in [-0.2, -0.15) is 5.10 Å². The molecule has 0 bridgehead atoms. The van der Waals surface area contributed by atoms with E-state index in [0.29, 0.717) is 5.92 Å². The zero-order chi connectivity index (χ0) is 21.9. The predicted molar refractivity (Wildman–Crippen MR) is 124 cm³/mol. The molecule has 2 N–H and O–H groups in total. The van der Waals surface area contributed by atoms with Crippen LogP contribution in [0.3, 0.4) is 0 Å². The van der Waals surface area contributed by atoms with Crippen molar-refractivity contribution in [1.29, 1.82) is 0 Å². The molecular weight excluding hydrogens is 404 g/mol. The maximum Gasteiger partial charge on any atom is 0.267 e. The zero-order valence-electron chi connectivity index (χ0n) is 18.7. The molecule has 172 valence electrons. The van der Waals surface area contributed by atoms with Gasteiger partial charge < -0.3 is 15.3 Å². The molecule has 0 radical (unpaired) electrons. The first-order valence-corrected chi connectivity index (χ1v) is 12.3. The van der Waals surface area contributed by atoms with Crippen LogP contribution >= 0.6 is 0 Å². The smallest absolute Gasteiger partial charge is 0.267 e. The molecule has 0 spiro atoms. The fourth-order valence-corrected chi connectivity index (χ4v) is 5.26. The highest BCUT2D eigenvalue weighted by Gasteiger charge is 2.29. The number of aromatic nitrogens is 4. The lowest BCUT2D eigenvalue weighted by molar-refractivity contribution is 0.0669. The average molecular weight is 439 g/mol. The molecule has 3 unspecified atom stereocenters. The van der Waals surface area contributed by atoms with E-state index in [1.165, 1.54) is 30.4 Å². The summed E-state index contributed by atoms with van der Waals surface area (Å²) in [5.41, 5.74) is -0.129. The van der Waals surface area contributed by atoms with E-state index in [2.05, 4.69) is 15.2 Å². The van der Waals surface area contributed by atoms with Crippen LogP contribution in [0, 0.1) is 0 Å². The number of aliphatic hydroxyl groups excluding tert-OH is 1. The van der Waals surface area contributed by atoms with E-state index >= 15 is 0 Å². The van der Waals surface area contributed by atoms with E-state index in [9.17, 15) is 9.90 Å². The van der Waals surface area contributed by atoms with Crippen LogP contribution in [0.15, 0.2) is 29.2 Å². The van der Waals surface area contributed by atoms with Gasteiger partial charge in [0.15, 0.2) is 0 Å². The van der Waals surface area contributed by atoms with Crippen molar-refractivity contribution < 1.29 is 5.11 Å². The molecule has 0 aromatic carbocycles. The Hall–Kier alpha value is -2.48. The van der Waals surface area contributed by atoms with Crippen LogP contribution in [0.1, 0.15) is 82.0 Å². The van der Waals surface area contributed by atoms with Crippen molar-refractivity contribution in [2.24, 2.45) is 0 Å². The molecule has 3 aliphatic rings. The summed E-state index contributed by atoms with van der Waals surface area (Å²) in [6.45, 7) is 1.69. The summed E-state index contributed by atoms with van der Waals surface area (Å²) in [6, 6.07) is 5.45. The Labute approximate surface area is 189 Å². The molecule has 1 saturated heterocycles. The molecule has 2 aliphatic carbocycles. The van der Waals surface area contributed by atoms with Crippen molar-refractivity contribution in [3.63, 3.8) is 0 Å². The van der Waals surface area contributed by atoms with Gasteiger partial charge in [0.05, 0.1) is 12.1 Å². The SMILES string of the molecule is O=c1ccc(N2CCCCC2CNc2ccnc(C3CCC3)n2)nn1C1CCCCC1O. The van der Waals surface area contributed by atoms with Crippen LogP contribution < -0.4 is 15.8 Å². The molecule has 1 aliphatic heterocycles. The van der Waals surface area contributed by atoms with Gasteiger partial charge in [0, 0.05) is 37.3 Å². The Morgan fingerprint density at radius 1 is 1.00 bits per heavy atom. The maximum absolute atomic E-state index is 12.6. The van der Waals surface area contributed by atoms with Gasteiger partial charge in [-0.3, -0.25) is 4.79 Å². The van der Waals surface area contributed by atoms with E-state index in [0.717, 1.165) is 69.1 Å². The highest BCUT2D eigenvalue weighted by atomic mass is 16.3. The maximum atomic E-state index is 12.6. The summed E-state index contributed by atoms with van der Waals surface area (Å²) in [5.74, 6) is 3.19. The minimum Gasteiger partial charge on any atom is -0.391 e. The average Bonchev–Trinajstić information content (AvgIpc) is 2.78. The van der Waals surface area contributed by atoms with Gasteiger partial charge in [-0.25, -0.2) is 14.6 Å². The van der Waals surface area contributed by atoms with Crippen LogP contribution in [0.2, 0.25) is 0 Å². The molecule has 2 aromatic rings. The molecule has 3 atom stereocenters. The molecule has 3 heterocycles. The summed E-state index contributed by atoms with van der Waals surface area (Å²) in [6.07, 6.45) is 12.0. The van der Waals surface area contributed by atoms with Crippen LogP contribution in [0.4, 0.5) is 11.6 Å². The van der Waals surface area contributed by atoms with Crippen molar-refractivity contribution in [3.05, 3.63) is 40.6 Å². The first kappa shape index (κ1) is 21.4. The van der Waals surface area contributed by atoms with Gasteiger partial charge >= 0.3 is 0 Å². The Balaban J connectivity index is 1.31. The molecule has 5 rings (SSSR count). The van der Waals surface area contributed by atoms with Gasteiger partial charge in [-0.15, -0.1) is 0 Å². The summed E-state index contributed by atoms with van der Waals surface area (Å²) >= 11 is 0. The molecule has 2 aromatic heterocycles. The van der Waals surface area contributed by atoms with E-state index < -0.39 is 6.10 Å². The van der Waals surface area contributed by atoms with Crippen molar-refractivity contribution in [3.8, 4) is 0 Å². The molecule has 8 nitrogen and oxygen atoms in total. The highest BCUT2D eigenvalue weighted by molar-refractivity contribution is 5.41. The molecule has 3 fully saturated rings. The second-order valence-corrected chi connectivity index (χ2v) is 9.55. The standard InChI is InChI=1S/C24H34N6O2/c31-20-10-2-1-9-19(20)30-23(32)12-11-22(28-30)29-15-4-3-8-18(29)16-26-21-13-14-25-24(27-21)17-6-5-7-17/h11-14,17-20,31H,1-10,15-16H2,(H,25,26,27). The number of piperidine rings is 1. The Morgan fingerprint density at radius 3 is 2.66 bits per heavy atom. The third-order valence-corrected chi connectivity index (χ3v) is 7.40. The lowest BCUT2D eigenvalue weighted by atomic mass is 9.85.